The normalized spacial score (nSPS) is 13.7. The molecule has 0 saturated carbocycles. The van der Waals surface area contributed by atoms with Gasteiger partial charge in [0.05, 0.1) is 19.4 Å². The average molecular weight is 467 g/mol. The summed E-state index contributed by atoms with van der Waals surface area (Å²) >= 11 is 0. The van der Waals surface area contributed by atoms with Crippen molar-refractivity contribution in [3.05, 3.63) is 65.2 Å². The summed E-state index contributed by atoms with van der Waals surface area (Å²) in [6.45, 7) is 6.68. The Bertz CT molecular complexity index is 997. The Kier molecular flexibility index (Phi) is 9.16. The van der Waals surface area contributed by atoms with Gasteiger partial charge in [-0.15, -0.1) is 0 Å². The van der Waals surface area contributed by atoms with E-state index in [1.807, 2.05) is 24.3 Å². The number of hydrogen-bond donors (Lipinski definition) is 2. The van der Waals surface area contributed by atoms with Gasteiger partial charge in [-0.3, -0.25) is 14.4 Å². The summed E-state index contributed by atoms with van der Waals surface area (Å²) < 4.78 is 10.8. The Morgan fingerprint density at radius 1 is 1.03 bits per heavy atom. The van der Waals surface area contributed by atoms with Gasteiger partial charge < -0.3 is 19.7 Å². The lowest BCUT2D eigenvalue weighted by molar-refractivity contribution is -0.139. The molecule has 2 aromatic rings. The summed E-state index contributed by atoms with van der Waals surface area (Å²) in [7, 11) is 0. The summed E-state index contributed by atoms with van der Waals surface area (Å²) in [6, 6.07) is 14.7. The molecule has 0 spiro atoms. The molecule has 0 radical (unpaired) electrons. The van der Waals surface area contributed by atoms with Gasteiger partial charge >= 0.3 is 11.8 Å². The fraction of sp³-hybridized carbons (Fsp3) is 0.360. The van der Waals surface area contributed by atoms with Crippen LogP contribution in [0, 0.1) is 0 Å². The van der Waals surface area contributed by atoms with E-state index < -0.39 is 11.8 Å². The second-order valence-corrected chi connectivity index (χ2v) is 8.13. The van der Waals surface area contributed by atoms with Gasteiger partial charge in [-0.1, -0.05) is 38.1 Å². The van der Waals surface area contributed by atoms with E-state index in [2.05, 4.69) is 29.7 Å². The molecule has 9 nitrogen and oxygen atoms in total. The molecular weight excluding hydrogens is 436 g/mol. The van der Waals surface area contributed by atoms with E-state index in [1.54, 1.807) is 29.2 Å². The molecule has 1 aliphatic heterocycles. The van der Waals surface area contributed by atoms with Crippen LogP contribution in [0.25, 0.3) is 0 Å². The van der Waals surface area contributed by atoms with E-state index >= 15 is 0 Å². The lowest BCUT2D eigenvalue weighted by Gasteiger charge is -2.26. The van der Waals surface area contributed by atoms with Crippen LogP contribution in [0.15, 0.2) is 53.6 Å². The molecule has 34 heavy (non-hydrogen) atoms. The molecule has 0 atom stereocenters. The minimum atomic E-state index is -0.850. The lowest BCUT2D eigenvalue weighted by Crippen LogP contribution is -2.42. The van der Waals surface area contributed by atoms with Gasteiger partial charge in [-0.25, -0.2) is 5.43 Å². The number of carbonyl (C=O) groups is 3. The van der Waals surface area contributed by atoms with E-state index in [1.165, 1.54) is 11.8 Å². The molecule has 2 N–H and O–H groups in total. The molecule has 180 valence electrons. The van der Waals surface area contributed by atoms with Crippen molar-refractivity contribution in [2.24, 2.45) is 5.10 Å². The van der Waals surface area contributed by atoms with Gasteiger partial charge in [0.2, 0.25) is 0 Å². The fourth-order valence-corrected chi connectivity index (χ4v) is 3.20. The summed E-state index contributed by atoms with van der Waals surface area (Å²) in [6.07, 6.45) is 1.42. The van der Waals surface area contributed by atoms with Crippen LogP contribution >= 0.6 is 0 Å². The molecule has 0 bridgehead atoms. The van der Waals surface area contributed by atoms with E-state index in [9.17, 15) is 14.4 Å². The van der Waals surface area contributed by atoms with Crippen LogP contribution in [0.3, 0.4) is 0 Å². The number of benzene rings is 2. The predicted molar refractivity (Wildman–Crippen MR) is 127 cm³/mol. The second kappa shape index (κ2) is 12.5. The second-order valence-electron chi connectivity index (χ2n) is 8.13. The maximum atomic E-state index is 12.1. The van der Waals surface area contributed by atoms with E-state index in [0.717, 1.165) is 5.56 Å². The maximum absolute atomic E-state index is 12.1. The van der Waals surface area contributed by atoms with Crippen LogP contribution < -0.4 is 15.5 Å². The van der Waals surface area contributed by atoms with Gasteiger partial charge in [0.1, 0.15) is 5.75 Å². The third-order valence-corrected chi connectivity index (χ3v) is 5.29. The molecule has 0 aliphatic carbocycles. The number of hydrazone groups is 1. The Labute approximate surface area is 199 Å². The zero-order valence-electron chi connectivity index (χ0n) is 19.5. The first-order valence-corrected chi connectivity index (χ1v) is 11.2. The first-order valence-electron chi connectivity index (χ1n) is 11.2. The van der Waals surface area contributed by atoms with Crippen LogP contribution in [0.4, 0.5) is 0 Å². The zero-order valence-corrected chi connectivity index (χ0v) is 19.5. The highest BCUT2D eigenvalue weighted by Gasteiger charge is 2.17. The number of carbonyl (C=O) groups excluding carboxylic acids is 3. The Balaban J connectivity index is 1.38. The summed E-state index contributed by atoms with van der Waals surface area (Å²) in [5, 5.41) is 6.39. The third-order valence-electron chi connectivity index (χ3n) is 5.29. The van der Waals surface area contributed by atoms with Crippen LogP contribution in [0.2, 0.25) is 0 Å². The van der Waals surface area contributed by atoms with Gasteiger partial charge in [-0.2, -0.15) is 5.10 Å². The number of nitrogens with one attached hydrogen (secondary N) is 2. The maximum Gasteiger partial charge on any atom is 0.329 e. The van der Waals surface area contributed by atoms with Gasteiger partial charge in [0, 0.05) is 19.6 Å². The Hall–Kier alpha value is -3.72. The number of rotatable bonds is 8. The van der Waals surface area contributed by atoms with Crippen LogP contribution in [-0.2, 0) is 25.7 Å². The van der Waals surface area contributed by atoms with Gasteiger partial charge in [0.15, 0.2) is 6.61 Å². The van der Waals surface area contributed by atoms with E-state index in [-0.39, 0.29) is 19.1 Å². The number of nitrogens with zero attached hydrogens (tertiary/aromatic N) is 2. The molecule has 3 amide bonds. The SMILES string of the molecule is CC(C)c1ccc(CNC(=O)C(=O)N/N=C\c2ccc(OCC(=O)N3CCOCC3)cc2)cc1. The number of amides is 3. The van der Waals surface area contributed by atoms with Gasteiger partial charge in [0.25, 0.3) is 5.91 Å². The summed E-state index contributed by atoms with van der Waals surface area (Å²) in [5.41, 5.74) is 5.02. The molecule has 1 aliphatic rings. The molecule has 2 aromatic carbocycles. The van der Waals surface area contributed by atoms with Crippen molar-refractivity contribution in [3.63, 3.8) is 0 Å². The van der Waals surface area contributed by atoms with Crippen molar-refractivity contribution in [3.8, 4) is 5.75 Å². The highest BCUT2D eigenvalue weighted by atomic mass is 16.5. The van der Waals surface area contributed by atoms with Crippen LogP contribution in [0.5, 0.6) is 5.75 Å². The number of morpholine rings is 1. The van der Waals surface area contributed by atoms with E-state index in [4.69, 9.17) is 9.47 Å². The highest BCUT2D eigenvalue weighted by molar-refractivity contribution is 6.35. The molecule has 0 aromatic heterocycles. The number of hydrogen-bond acceptors (Lipinski definition) is 6. The lowest BCUT2D eigenvalue weighted by atomic mass is 10.0. The zero-order chi connectivity index (χ0) is 24.3. The highest BCUT2D eigenvalue weighted by Crippen LogP contribution is 2.14. The smallest absolute Gasteiger partial charge is 0.329 e. The topological polar surface area (TPSA) is 109 Å². The fourth-order valence-electron chi connectivity index (χ4n) is 3.20. The summed E-state index contributed by atoms with van der Waals surface area (Å²) in [5.74, 6) is -0.720. The van der Waals surface area contributed by atoms with Crippen molar-refractivity contribution >= 4 is 23.9 Å². The predicted octanol–water partition coefficient (Wildman–Crippen LogP) is 1.81. The molecular formula is C25H30N4O5. The minimum absolute atomic E-state index is 0.0412. The van der Waals surface area contributed by atoms with Crippen LogP contribution in [0.1, 0.15) is 36.5 Å². The van der Waals surface area contributed by atoms with Crippen molar-refractivity contribution < 1.29 is 23.9 Å². The molecule has 9 heteroatoms. The quantitative estimate of drug-likeness (QED) is 0.350. The average Bonchev–Trinajstić information content (AvgIpc) is 2.87. The standard InChI is InChI=1S/C25H30N4O5/c1-18(2)21-7-3-19(4-8-21)15-26-24(31)25(32)28-27-16-20-5-9-22(10-6-20)34-17-23(30)29-11-13-33-14-12-29/h3-10,16,18H,11-15,17H2,1-2H3,(H,26,31)(H,28,32)/b27-16-. The third kappa shape index (κ3) is 7.70. The van der Waals surface area contributed by atoms with E-state index in [0.29, 0.717) is 43.5 Å². The summed E-state index contributed by atoms with van der Waals surface area (Å²) in [4.78, 5) is 37.7. The largest absolute Gasteiger partial charge is 0.484 e. The minimum Gasteiger partial charge on any atom is -0.484 e. The molecule has 1 heterocycles. The first-order chi connectivity index (χ1) is 16.4. The first kappa shape index (κ1) is 24.9. The molecule has 1 saturated heterocycles. The Morgan fingerprint density at radius 2 is 1.71 bits per heavy atom. The molecule has 0 unspecified atom stereocenters. The van der Waals surface area contributed by atoms with Crippen molar-refractivity contribution in [2.45, 2.75) is 26.3 Å². The van der Waals surface area contributed by atoms with Crippen molar-refractivity contribution in [1.29, 1.82) is 0 Å². The molecule has 1 fully saturated rings. The van der Waals surface area contributed by atoms with Gasteiger partial charge in [-0.05, 0) is 46.9 Å². The Morgan fingerprint density at radius 3 is 2.35 bits per heavy atom. The van der Waals surface area contributed by atoms with Crippen molar-refractivity contribution in [1.82, 2.24) is 15.6 Å². The monoisotopic (exact) mass is 466 g/mol. The molecule has 3 rings (SSSR count). The van der Waals surface area contributed by atoms with Crippen molar-refractivity contribution in [2.75, 3.05) is 32.9 Å². The number of ether oxygens (including phenoxy) is 2. The van der Waals surface area contributed by atoms with Crippen LogP contribution in [-0.4, -0.2) is 61.7 Å².